The third-order valence-corrected chi connectivity index (χ3v) is 4.88. The summed E-state index contributed by atoms with van der Waals surface area (Å²) in [5, 5.41) is 3.58. The van der Waals surface area contributed by atoms with Gasteiger partial charge in [-0.1, -0.05) is 0 Å². The van der Waals surface area contributed by atoms with Crippen LogP contribution in [0, 0.1) is 6.92 Å². The van der Waals surface area contributed by atoms with Crippen molar-refractivity contribution in [3.63, 3.8) is 0 Å². The number of carbonyl (C=O) groups is 1. The first-order valence-electron chi connectivity index (χ1n) is 6.48. The smallest absolute Gasteiger partial charge is 0.259 e. The summed E-state index contributed by atoms with van der Waals surface area (Å²) in [6.07, 6.45) is 2.19. The fourth-order valence-electron chi connectivity index (χ4n) is 1.90. The van der Waals surface area contributed by atoms with Gasteiger partial charge in [0, 0.05) is 10.9 Å². The first kappa shape index (κ1) is 13.6. The van der Waals surface area contributed by atoms with Crippen LogP contribution in [0.5, 0.6) is 0 Å². The molecule has 0 saturated heterocycles. The molecule has 1 aliphatic rings. The first-order chi connectivity index (χ1) is 9.61. The number of fused-ring (bicyclic) bond motifs is 1. The molecule has 1 saturated carbocycles. The number of amides is 1. The quantitative estimate of drug-likeness (QED) is 0.883. The van der Waals surface area contributed by atoms with E-state index >= 15 is 0 Å². The number of aromatic amines is 1. The minimum Gasteiger partial charge on any atom is -0.353 e. The molecule has 1 fully saturated rings. The van der Waals surface area contributed by atoms with Crippen LogP contribution in [0.15, 0.2) is 10.9 Å². The molecule has 106 valence electrons. The Bertz CT molecular complexity index is 703. The molecule has 2 aromatic heterocycles. The molecule has 20 heavy (non-hydrogen) atoms. The van der Waals surface area contributed by atoms with Crippen LogP contribution in [0.4, 0.5) is 0 Å². The van der Waals surface area contributed by atoms with Crippen molar-refractivity contribution in [2.45, 2.75) is 31.6 Å². The van der Waals surface area contributed by atoms with Crippen molar-refractivity contribution >= 4 is 39.2 Å². The van der Waals surface area contributed by atoms with Crippen molar-refractivity contribution in [3.05, 3.63) is 27.1 Å². The highest BCUT2D eigenvalue weighted by atomic mass is 32.2. The Labute approximate surface area is 124 Å². The summed E-state index contributed by atoms with van der Waals surface area (Å²) in [4.78, 5) is 32.5. The number of nitrogens with one attached hydrogen (secondary N) is 2. The van der Waals surface area contributed by atoms with Crippen LogP contribution in [-0.4, -0.2) is 27.7 Å². The topological polar surface area (TPSA) is 74.8 Å². The molecule has 0 atom stereocenters. The Morgan fingerprint density at radius 3 is 3.15 bits per heavy atom. The maximum Gasteiger partial charge on any atom is 0.259 e. The van der Waals surface area contributed by atoms with Gasteiger partial charge in [-0.05, 0) is 25.8 Å². The summed E-state index contributed by atoms with van der Waals surface area (Å²) >= 11 is 2.99. The Hall–Kier alpha value is -1.34. The SMILES string of the molecule is Cc1cc2c(=O)[nH]c(CSCC(=O)NC3CC3)nc2s1. The maximum atomic E-state index is 11.9. The monoisotopic (exact) mass is 309 g/mol. The van der Waals surface area contributed by atoms with E-state index in [1.807, 2.05) is 13.0 Å². The first-order valence-corrected chi connectivity index (χ1v) is 8.45. The molecule has 0 radical (unpaired) electrons. The molecule has 1 aliphatic carbocycles. The predicted molar refractivity (Wildman–Crippen MR) is 82.3 cm³/mol. The van der Waals surface area contributed by atoms with E-state index in [-0.39, 0.29) is 11.5 Å². The van der Waals surface area contributed by atoms with Gasteiger partial charge in [-0.15, -0.1) is 23.1 Å². The number of nitrogens with zero attached hydrogens (tertiary/aromatic N) is 1. The summed E-state index contributed by atoms with van der Waals surface area (Å²) in [5.41, 5.74) is -0.0996. The minimum absolute atomic E-state index is 0.0629. The molecular formula is C13H15N3O2S2. The zero-order valence-corrected chi connectivity index (χ0v) is 12.7. The van der Waals surface area contributed by atoms with Gasteiger partial charge in [-0.25, -0.2) is 4.98 Å². The number of hydrogen-bond acceptors (Lipinski definition) is 5. The zero-order valence-electron chi connectivity index (χ0n) is 11.1. The van der Waals surface area contributed by atoms with Crippen LogP contribution in [-0.2, 0) is 10.5 Å². The van der Waals surface area contributed by atoms with Crippen molar-refractivity contribution in [1.82, 2.24) is 15.3 Å². The summed E-state index contributed by atoms with van der Waals surface area (Å²) in [6.45, 7) is 1.96. The largest absolute Gasteiger partial charge is 0.353 e. The summed E-state index contributed by atoms with van der Waals surface area (Å²) in [7, 11) is 0. The second kappa shape index (κ2) is 5.57. The number of aryl methyl sites for hydroxylation is 1. The second-order valence-corrected chi connectivity index (χ2v) is 7.14. The van der Waals surface area contributed by atoms with Gasteiger partial charge >= 0.3 is 0 Å². The van der Waals surface area contributed by atoms with Crippen LogP contribution >= 0.6 is 23.1 Å². The summed E-state index contributed by atoms with van der Waals surface area (Å²) < 4.78 is 0. The van der Waals surface area contributed by atoms with Crippen LogP contribution < -0.4 is 10.9 Å². The maximum absolute atomic E-state index is 11.9. The molecule has 2 N–H and O–H groups in total. The molecule has 1 amide bonds. The van der Waals surface area contributed by atoms with Gasteiger partial charge in [-0.3, -0.25) is 9.59 Å². The normalized spacial score (nSPS) is 14.7. The van der Waals surface area contributed by atoms with Gasteiger partial charge in [0.2, 0.25) is 5.91 Å². The number of aromatic nitrogens is 2. The Kier molecular flexibility index (Phi) is 3.80. The van der Waals surface area contributed by atoms with Crippen LogP contribution in [0.25, 0.3) is 10.2 Å². The number of H-pyrrole nitrogens is 1. The van der Waals surface area contributed by atoms with Crippen LogP contribution in [0.1, 0.15) is 23.5 Å². The summed E-state index contributed by atoms with van der Waals surface area (Å²) in [5.74, 6) is 1.64. The molecule has 0 unspecified atom stereocenters. The summed E-state index contributed by atoms with van der Waals surface area (Å²) in [6, 6.07) is 2.25. The van der Waals surface area contributed by atoms with Gasteiger partial charge in [-0.2, -0.15) is 0 Å². The highest BCUT2D eigenvalue weighted by Crippen LogP contribution is 2.21. The van der Waals surface area contributed by atoms with Gasteiger partial charge in [0.15, 0.2) is 0 Å². The lowest BCUT2D eigenvalue weighted by atomic mass is 10.4. The van der Waals surface area contributed by atoms with E-state index in [9.17, 15) is 9.59 Å². The standard InChI is InChI=1S/C13H15N3O2S2/c1-7-4-9-12(18)15-10(16-13(9)20-7)5-19-6-11(17)14-8-2-3-8/h4,8H,2-3,5-6H2,1H3,(H,14,17)(H,15,16,18). The average Bonchev–Trinajstić information content (AvgIpc) is 3.09. The fraction of sp³-hybridized carbons (Fsp3) is 0.462. The molecule has 0 bridgehead atoms. The van der Waals surface area contributed by atoms with Gasteiger partial charge < -0.3 is 10.3 Å². The Morgan fingerprint density at radius 1 is 1.60 bits per heavy atom. The lowest BCUT2D eigenvalue weighted by Crippen LogP contribution is -2.27. The third-order valence-electron chi connectivity index (χ3n) is 2.99. The van der Waals surface area contributed by atoms with Gasteiger partial charge in [0.1, 0.15) is 10.7 Å². The lowest BCUT2D eigenvalue weighted by molar-refractivity contribution is -0.118. The number of carbonyl (C=O) groups excluding carboxylic acids is 1. The predicted octanol–water partition coefficient (Wildman–Crippen LogP) is 1.80. The second-order valence-electron chi connectivity index (χ2n) is 4.92. The van der Waals surface area contributed by atoms with E-state index < -0.39 is 0 Å². The van der Waals surface area contributed by atoms with E-state index in [2.05, 4.69) is 15.3 Å². The Morgan fingerprint density at radius 2 is 2.40 bits per heavy atom. The van der Waals surface area contributed by atoms with Crippen molar-refractivity contribution < 1.29 is 4.79 Å². The molecule has 3 rings (SSSR count). The van der Waals surface area contributed by atoms with Crippen molar-refractivity contribution in [2.24, 2.45) is 0 Å². The molecule has 0 aromatic carbocycles. The molecular weight excluding hydrogens is 294 g/mol. The minimum atomic E-state index is -0.0996. The molecule has 2 heterocycles. The van der Waals surface area contributed by atoms with Crippen LogP contribution in [0.2, 0.25) is 0 Å². The van der Waals surface area contributed by atoms with E-state index in [4.69, 9.17) is 0 Å². The van der Waals surface area contributed by atoms with Crippen molar-refractivity contribution in [2.75, 3.05) is 5.75 Å². The molecule has 7 heteroatoms. The highest BCUT2D eigenvalue weighted by Gasteiger charge is 2.22. The molecule has 5 nitrogen and oxygen atoms in total. The number of rotatable bonds is 5. The molecule has 2 aromatic rings. The van der Waals surface area contributed by atoms with Gasteiger partial charge in [0.25, 0.3) is 5.56 Å². The van der Waals surface area contributed by atoms with E-state index in [0.29, 0.717) is 28.8 Å². The fourth-order valence-corrected chi connectivity index (χ4v) is 3.50. The highest BCUT2D eigenvalue weighted by molar-refractivity contribution is 7.99. The van der Waals surface area contributed by atoms with E-state index in [1.54, 1.807) is 0 Å². The van der Waals surface area contributed by atoms with E-state index in [1.165, 1.54) is 23.1 Å². The van der Waals surface area contributed by atoms with Crippen molar-refractivity contribution in [1.29, 1.82) is 0 Å². The zero-order chi connectivity index (χ0) is 14.1. The van der Waals surface area contributed by atoms with E-state index in [0.717, 1.165) is 22.5 Å². The lowest BCUT2D eigenvalue weighted by Gasteiger charge is -2.03. The number of thiophene rings is 1. The number of thioether (sulfide) groups is 1. The third kappa shape index (κ3) is 3.21. The Balaban J connectivity index is 1.62. The average molecular weight is 309 g/mol. The van der Waals surface area contributed by atoms with Crippen molar-refractivity contribution in [3.8, 4) is 0 Å². The molecule has 0 aliphatic heterocycles. The molecule has 0 spiro atoms. The van der Waals surface area contributed by atoms with Gasteiger partial charge in [0.05, 0.1) is 16.9 Å². The number of hydrogen-bond donors (Lipinski definition) is 2. The van der Waals surface area contributed by atoms with Crippen LogP contribution in [0.3, 0.4) is 0 Å².